The predicted molar refractivity (Wildman–Crippen MR) is 125 cm³/mol. The first-order valence-corrected chi connectivity index (χ1v) is 11.7. The standard InChI is InChI=1S/C19H23ClIN3O4S/c1-11-7-16(23-29(28)19(5-6-19)9-13(26)10-25)17(24(2)18(11)27)22-15-4-3-12(21)8-14(15)20/h3-4,7-8,13,22-23,25-26H,5-6,9-10H2,1-2H3/t13-,29?/m1/s1. The monoisotopic (exact) mass is 551 g/mol. The maximum Gasteiger partial charge on any atom is 0.254 e. The molecule has 3 rings (SSSR count). The van der Waals surface area contributed by atoms with E-state index in [4.69, 9.17) is 16.7 Å². The Kier molecular flexibility index (Phi) is 6.94. The summed E-state index contributed by atoms with van der Waals surface area (Å²) in [4.78, 5) is 12.5. The summed E-state index contributed by atoms with van der Waals surface area (Å²) >= 11 is 8.49. The number of nitrogens with one attached hydrogen (secondary N) is 2. The third-order valence-electron chi connectivity index (χ3n) is 5.00. The summed E-state index contributed by atoms with van der Waals surface area (Å²) < 4.78 is 17.9. The van der Waals surface area contributed by atoms with Gasteiger partial charge in [-0.05, 0) is 73.0 Å². The first-order valence-electron chi connectivity index (χ1n) is 9.07. The summed E-state index contributed by atoms with van der Waals surface area (Å²) in [5, 5.41) is 22.6. The van der Waals surface area contributed by atoms with E-state index in [-0.39, 0.29) is 18.6 Å². The summed E-state index contributed by atoms with van der Waals surface area (Å²) in [6, 6.07) is 7.16. The van der Waals surface area contributed by atoms with Crippen molar-refractivity contribution in [3.05, 3.63) is 48.8 Å². The fourth-order valence-corrected chi connectivity index (χ4v) is 5.44. The molecule has 1 aliphatic rings. The zero-order valence-corrected chi connectivity index (χ0v) is 19.8. The molecule has 0 bridgehead atoms. The Balaban J connectivity index is 1.94. The Bertz CT molecular complexity index is 1010. The zero-order valence-electron chi connectivity index (χ0n) is 16.0. The van der Waals surface area contributed by atoms with E-state index >= 15 is 0 Å². The molecule has 10 heteroatoms. The van der Waals surface area contributed by atoms with Gasteiger partial charge in [0.05, 0.1) is 33.9 Å². The molecule has 1 heterocycles. The molecule has 158 valence electrons. The lowest BCUT2D eigenvalue weighted by Gasteiger charge is -2.22. The van der Waals surface area contributed by atoms with E-state index in [9.17, 15) is 14.1 Å². The Morgan fingerprint density at radius 2 is 2.03 bits per heavy atom. The van der Waals surface area contributed by atoms with Gasteiger partial charge in [-0.1, -0.05) is 11.6 Å². The number of rotatable bonds is 8. The van der Waals surface area contributed by atoms with Crippen molar-refractivity contribution in [3.8, 4) is 0 Å². The number of anilines is 3. The molecule has 4 N–H and O–H groups in total. The van der Waals surface area contributed by atoms with Crippen LogP contribution in [-0.4, -0.2) is 36.4 Å². The zero-order chi connectivity index (χ0) is 21.3. The van der Waals surface area contributed by atoms with Gasteiger partial charge in [0.25, 0.3) is 5.56 Å². The van der Waals surface area contributed by atoms with E-state index in [0.29, 0.717) is 40.6 Å². The van der Waals surface area contributed by atoms with E-state index in [1.165, 1.54) is 4.57 Å². The molecule has 2 aromatic rings. The van der Waals surface area contributed by atoms with Gasteiger partial charge < -0.3 is 20.3 Å². The van der Waals surface area contributed by atoms with Gasteiger partial charge in [-0.2, -0.15) is 0 Å². The number of aromatic nitrogens is 1. The van der Waals surface area contributed by atoms with E-state index in [1.807, 2.05) is 12.1 Å². The molecule has 1 aromatic heterocycles. The summed E-state index contributed by atoms with van der Waals surface area (Å²) in [5.74, 6) is 0.440. The molecular formula is C19H23ClIN3O4S. The van der Waals surface area contributed by atoms with Crippen LogP contribution >= 0.6 is 34.2 Å². The van der Waals surface area contributed by atoms with Crippen LogP contribution in [0.25, 0.3) is 0 Å². The van der Waals surface area contributed by atoms with E-state index in [1.54, 1.807) is 26.1 Å². The van der Waals surface area contributed by atoms with Gasteiger partial charge in [0, 0.05) is 16.2 Å². The number of aryl methyl sites for hydroxylation is 1. The summed E-state index contributed by atoms with van der Waals surface area (Å²) in [5.41, 5.74) is 1.45. The number of halogens is 2. The van der Waals surface area contributed by atoms with Gasteiger partial charge in [-0.15, -0.1) is 0 Å². The number of nitrogens with zero attached hydrogens (tertiary/aromatic N) is 1. The molecule has 0 amide bonds. The summed E-state index contributed by atoms with van der Waals surface area (Å²) in [6.45, 7) is 1.33. The van der Waals surface area contributed by atoms with Crippen LogP contribution in [0.1, 0.15) is 24.8 Å². The molecule has 1 saturated carbocycles. The number of pyridine rings is 1. The minimum Gasteiger partial charge on any atom is -0.394 e. The quantitative estimate of drug-likeness (QED) is 0.378. The molecule has 1 unspecified atom stereocenters. The average Bonchev–Trinajstić information content (AvgIpc) is 3.45. The number of benzene rings is 1. The Hall–Kier alpha value is -1.14. The third kappa shape index (κ3) is 4.96. The van der Waals surface area contributed by atoms with E-state index in [0.717, 1.165) is 3.57 Å². The molecule has 0 saturated heterocycles. The van der Waals surface area contributed by atoms with Crippen molar-refractivity contribution < 1.29 is 14.4 Å². The minimum absolute atomic E-state index is 0.178. The summed E-state index contributed by atoms with van der Waals surface area (Å²) in [6.07, 6.45) is 0.730. The van der Waals surface area contributed by atoms with Crippen LogP contribution in [0.2, 0.25) is 5.02 Å². The second-order valence-corrected chi connectivity index (χ2v) is 10.6. The van der Waals surface area contributed by atoms with Crippen LogP contribution < -0.4 is 15.6 Å². The minimum atomic E-state index is -1.50. The van der Waals surface area contributed by atoms with Crippen molar-refractivity contribution in [2.24, 2.45) is 7.05 Å². The van der Waals surface area contributed by atoms with E-state index < -0.39 is 21.8 Å². The van der Waals surface area contributed by atoms with Crippen LogP contribution in [0.15, 0.2) is 29.1 Å². The molecule has 7 nitrogen and oxygen atoms in total. The number of aliphatic hydroxyl groups is 2. The second kappa shape index (κ2) is 8.93. The van der Waals surface area contributed by atoms with Crippen LogP contribution in [0.5, 0.6) is 0 Å². The van der Waals surface area contributed by atoms with Crippen molar-refractivity contribution in [1.82, 2.24) is 4.57 Å². The molecule has 0 aliphatic heterocycles. The predicted octanol–water partition coefficient (Wildman–Crippen LogP) is 3.05. The maximum atomic E-state index is 13.0. The third-order valence-corrected chi connectivity index (χ3v) is 7.75. The van der Waals surface area contributed by atoms with Crippen LogP contribution in [0.3, 0.4) is 0 Å². The molecule has 0 spiro atoms. The Morgan fingerprint density at radius 3 is 2.62 bits per heavy atom. The summed E-state index contributed by atoms with van der Waals surface area (Å²) in [7, 11) is 0.130. The van der Waals surface area contributed by atoms with Crippen molar-refractivity contribution in [1.29, 1.82) is 0 Å². The van der Waals surface area contributed by atoms with Gasteiger partial charge in [0.2, 0.25) is 0 Å². The van der Waals surface area contributed by atoms with Crippen molar-refractivity contribution >= 4 is 62.4 Å². The van der Waals surface area contributed by atoms with Crippen molar-refractivity contribution in [2.45, 2.75) is 37.0 Å². The topological polar surface area (TPSA) is 104 Å². The number of aliphatic hydroxyl groups excluding tert-OH is 2. The van der Waals surface area contributed by atoms with E-state index in [2.05, 4.69) is 32.6 Å². The molecule has 0 radical (unpaired) electrons. The average molecular weight is 552 g/mol. The highest BCUT2D eigenvalue weighted by atomic mass is 127. The van der Waals surface area contributed by atoms with Gasteiger partial charge in [0.1, 0.15) is 16.8 Å². The highest BCUT2D eigenvalue weighted by Crippen LogP contribution is 2.46. The molecular weight excluding hydrogens is 529 g/mol. The van der Waals surface area contributed by atoms with Gasteiger partial charge in [0.15, 0.2) is 0 Å². The van der Waals surface area contributed by atoms with Crippen LogP contribution in [0.4, 0.5) is 17.2 Å². The van der Waals surface area contributed by atoms with Gasteiger partial charge in [-0.3, -0.25) is 9.36 Å². The Morgan fingerprint density at radius 1 is 1.34 bits per heavy atom. The lowest BCUT2D eigenvalue weighted by Crippen LogP contribution is -2.31. The fraction of sp³-hybridized carbons (Fsp3) is 0.421. The molecule has 1 fully saturated rings. The van der Waals surface area contributed by atoms with Crippen LogP contribution in [0, 0.1) is 10.5 Å². The lowest BCUT2D eigenvalue weighted by molar-refractivity contribution is 0.0862. The van der Waals surface area contributed by atoms with Crippen molar-refractivity contribution in [3.63, 3.8) is 0 Å². The fourth-order valence-electron chi connectivity index (χ4n) is 3.15. The van der Waals surface area contributed by atoms with Gasteiger partial charge >= 0.3 is 0 Å². The van der Waals surface area contributed by atoms with Gasteiger partial charge in [-0.25, -0.2) is 4.21 Å². The number of hydrogen-bond acceptors (Lipinski definition) is 5. The van der Waals surface area contributed by atoms with Crippen LogP contribution in [-0.2, 0) is 18.0 Å². The largest absolute Gasteiger partial charge is 0.394 e. The lowest BCUT2D eigenvalue weighted by atomic mass is 10.2. The van der Waals surface area contributed by atoms with Crippen molar-refractivity contribution in [2.75, 3.05) is 16.6 Å². The second-order valence-electron chi connectivity index (χ2n) is 7.30. The molecule has 29 heavy (non-hydrogen) atoms. The highest BCUT2D eigenvalue weighted by molar-refractivity contribution is 14.1. The molecule has 1 aromatic carbocycles. The first-order chi connectivity index (χ1) is 13.7. The molecule has 2 atom stereocenters. The highest BCUT2D eigenvalue weighted by Gasteiger charge is 2.50. The number of hydrogen-bond donors (Lipinski definition) is 4. The Labute approximate surface area is 190 Å². The first kappa shape index (κ1) is 22.5. The molecule has 1 aliphatic carbocycles. The SMILES string of the molecule is Cc1cc(NS(=O)C2(C[C@@H](O)CO)CC2)c(Nc2ccc(I)cc2Cl)n(C)c1=O. The normalized spacial score (nSPS) is 16.9. The maximum absolute atomic E-state index is 13.0. The smallest absolute Gasteiger partial charge is 0.254 e.